The van der Waals surface area contributed by atoms with E-state index in [1.807, 2.05) is 0 Å². The molecule has 17 heavy (non-hydrogen) atoms. The van der Waals surface area contributed by atoms with Crippen molar-refractivity contribution in [3.8, 4) is 0 Å². The van der Waals surface area contributed by atoms with Gasteiger partial charge < -0.3 is 15.7 Å². The lowest BCUT2D eigenvalue weighted by Crippen LogP contribution is -2.45. The molecule has 3 N–H and O–H groups in total. The van der Waals surface area contributed by atoms with Crippen LogP contribution in [0.25, 0.3) is 0 Å². The second-order valence-electron chi connectivity index (χ2n) is 5.36. The molecule has 1 saturated heterocycles. The highest BCUT2D eigenvalue weighted by molar-refractivity contribution is 5.88. The zero-order chi connectivity index (χ0) is 12.5. The average Bonchev–Trinajstić information content (AvgIpc) is 2.61. The Hall–Kier alpha value is -1.10. The first-order chi connectivity index (χ1) is 8.00. The maximum atomic E-state index is 11.7. The van der Waals surface area contributed by atoms with Crippen LogP contribution >= 0.6 is 0 Å². The van der Waals surface area contributed by atoms with Gasteiger partial charge in [0.2, 0.25) is 11.8 Å². The largest absolute Gasteiger partial charge is 0.388 e. The maximum Gasteiger partial charge on any atom is 0.223 e. The highest BCUT2D eigenvalue weighted by atomic mass is 16.3. The summed E-state index contributed by atoms with van der Waals surface area (Å²) in [6, 6.07) is 0. The number of nitrogens with two attached hydrogens (primary N) is 1. The number of carbonyl (C=O) groups is 2. The van der Waals surface area contributed by atoms with Crippen molar-refractivity contribution in [2.45, 2.75) is 44.1 Å². The lowest BCUT2D eigenvalue weighted by Gasteiger charge is -2.35. The molecular weight excluding hydrogens is 220 g/mol. The summed E-state index contributed by atoms with van der Waals surface area (Å²) >= 11 is 0. The van der Waals surface area contributed by atoms with Crippen LogP contribution in [0.1, 0.15) is 38.5 Å². The zero-order valence-electron chi connectivity index (χ0n) is 10.0. The second kappa shape index (κ2) is 4.64. The first kappa shape index (κ1) is 12.4. The van der Waals surface area contributed by atoms with Crippen molar-refractivity contribution in [1.29, 1.82) is 0 Å². The molecule has 0 spiro atoms. The Bertz CT molecular complexity index is 324. The SMILES string of the molecule is NC(=O)C1CC(=O)N(CC2(O)CCCCC2)C1. The van der Waals surface area contributed by atoms with E-state index in [1.54, 1.807) is 4.90 Å². The average molecular weight is 240 g/mol. The summed E-state index contributed by atoms with van der Waals surface area (Å²) in [7, 11) is 0. The number of likely N-dealkylation sites (tertiary alicyclic amines) is 1. The highest BCUT2D eigenvalue weighted by Gasteiger charge is 2.38. The van der Waals surface area contributed by atoms with E-state index in [0.29, 0.717) is 13.1 Å². The molecule has 0 aromatic carbocycles. The maximum absolute atomic E-state index is 11.7. The molecule has 5 nitrogen and oxygen atoms in total. The molecule has 1 saturated carbocycles. The van der Waals surface area contributed by atoms with Gasteiger partial charge in [-0.05, 0) is 12.8 Å². The number of rotatable bonds is 3. The Morgan fingerprint density at radius 2 is 2.06 bits per heavy atom. The van der Waals surface area contributed by atoms with Crippen molar-refractivity contribution < 1.29 is 14.7 Å². The summed E-state index contributed by atoms with van der Waals surface area (Å²) in [5.74, 6) is -0.862. The predicted molar refractivity (Wildman–Crippen MR) is 61.9 cm³/mol. The number of nitrogens with zero attached hydrogens (tertiary/aromatic N) is 1. The molecule has 96 valence electrons. The molecule has 1 heterocycles. The number of hydrogen-bond acceptors (Lipinski definition) is 3. The van der Waals surface area contributed by atoms with Crippen LogP contribution in [0.2, 0.25) is 0 Å². The van der Waals surface area contributed by atoms with Crippen LogP contribution in [-0.4, -0.2) is 40.5 Å². The van der Waals surface area contributed by atoms with E-state index in [4.69, 9.17) is 5.73 Å². The summed E-state index contributed by atoms with van der Waals surface area (Å²) in [5.41, 5.74) is 4.46. The van der Waals surface area contributed by atoms with Gasteiger partial charge >= 0.3 is 0 Å². The molecule has 2 fully saturated rings. The van der Waals surface area contributed by atoms with Gasteiger partial charge in [0.05, 0.1) is 11.5 Å². The molecular formula is C12H20N2O3. The van der Waals surface area contributed by atoms with E-state index >= 15 is 0 Å². The summed E-state index contributed by atoms with van der Waals surface area (Å²) in [5, 5.41) is 10.4. The van der Waals surface area contributed by atoms with Crippen molar-refractivity contribution in [3.05, 3.63) is 0 Å². The second-order valence-corrected chi connectivity index (χ2v) is 5.36. The minimum Gasteiger partial charge on any atom is -0.388 e. The summed E-state index contributed by atoms with van der Waals surface area (Å²) < 4.78 is 0. The minimum absolute atomic E-state index is 0.0622. The fourth-order valence-electron chi connectivity index (χ4n) is 2.84. The van der Waals surface area contributed by atoms with Crippen molar-refractivity contribution in [1.82, 2.24) is 4.90 Å². The van der Waals surface area contributed by atoms with Crippen molar-refractivity contribution in [2.75, 3.05) is 13.1 Å². The Morgan fingerprint density at radius 1 is 1.41 bits per heavy atom. The molecule has 0 radical (unpaired) electrons. The molecule has 0 aromatic heterocycles. The molecule has 5 heteroatoms. The van der Waals surface area contributed by atoms with E-state index in [1.165, 1.54) is 0 Å². The molecule has 0 bridgehead atoms. The van der Waals surface area contributed by atoms with Gasteiger partial charge in [0.1, 0.15) is 0 Å². The van der Waals surface area contributed by atoms with Crippen molar-refractivity contribution in [3.63, 3.8) is 0 Å². The van der Waals surface area contributed by atoms with Crippen LogP contribution in [0.15, 0.2) is 0 Å². The van der Waals surface area contributed by atoms with Crippen LogP contribution in [0.5, 0.6) is 0 Å². The number of aliphatic hydroxyl groups is 1. The third-order valence-corrected chi connectivity index (χ3v) is 3.89. The number of hydrogen-bond donors (Lipinski definition) is 2. The standard InChI is InChI=1S/C12H20N2O3/c13-11(16)9-6-10(15)14(7-9)8-12(17)4-2-1-3-5-12/h9,17H,1-8H2,(H2,13,16). The van der Waals surface area contributed by atoms with Crippen molar-refractivity contribution >= 4 is 11.8 Å². The van der Waals surface area contributed by atoms with Gasteiger partial charge in [-0.1, -0.05) is 19.3 Å². The first-order valence-corrected chi connectivity index (χ1v) is 6.30. The van der Waals surface area contributed by atoms with Crippen LogP contribution in [0.4, 0.5) is 0 Å². The molecule has 1 atom stereocenters. The molecule has 0 aromatic rings. The van der Waals surface area contributed by atoms with E-state index in [-0.39, 0.29) is 18.2 Å². The number of primary amides is 1. The molecule has 1 unspecified atom stereocenters. The minimum atomic E-state index is -0.750. The van der Waals surface area contributed by atoms with E-state index in [0.717, 1.165) is 32.1 Å². The van der Waals surface area contributed by atoms with E-state index < -0.39 is 11.5 Å². The van der Waals surface area contributed by atoms with Crippen LogP contribution < -0.4 is 5.73 Å². The fraction of sp³-hybridized carbons (Fsp3) is 0.833. The van der Waals surface area contributed by atoms with Crippen molar-refractivity contribution in [2.24, 2.45) is 11.7 Å². The Kier molecular flexibility index (Phi) is 3.38. The van der Waals surface area contributed by atoms with Gasteiger partial charge in [0.15, 0.2) is 0 Å². The molecule has 2 rings (SSSR count). The van der Waals surface area contributed by atoms with Gasteiger partial charge in [0.25, 0.3) is 0 Å². The smallest absolute Gasteiger partial charge is 0.223 e. The fourth-order valence-corrected chi connectivity index (χ4v) is 2.84. The highest BCUT2D eigenvalue weighted by Crippen LogP contribution is 2.30. The van der Waals surface area contributed by atoms with Crippen LogP contribution in [0, 0.1) is 5.92 Å². The Labute approximate surface area is 101 Å². The quantitative estimate of drug-likeness (QED) is 0.729. The lowest BCUT2D eigenvalue weighted by atomic mass is 9.84. The summed E-state index contributed by atoms with van der Waals surface area (Å²) in [6.07, 6.45) is 4.87. The zero-order valence-corrected chi connectivity index (χ0v) is 10.0. The topological polar surface area (TPSA) is 83.6 Å². The third-order valence-electron chi connectivity index (χ3n) is 3.89. The first-order valence-electron chi connectivity index (χ1n) is 6.30. The normalized spacial score (nSPS) is 28.4. The molecule has 2 aliphatic rings. The number of amides is 2. The van der Waals surface area contributed by atoms with Crippen LogP contribution in [-0.2, 0) is 9.59 Å². The van der Waals surface area contributed by atoms with Gasteiger partial charge in [-0.25, -0.2) is 0 Å². The Balaban J connectivity index is 1.95. The molecule has 2 amide bonds. The third kappa shape index (κ3) is 2.77. The monoisotopic (exact) mass is 240 g/mol. The number of carbonyl (C=O) groups excluding carboxylic acids is 2. The van der Waals surface area contributed by atoms with Gasteiger partial charge in [0, 0.05) is 19.5 Å². The predicted octanol–water partition coefficient (Wildman–Crippen LogP) is 0.0154. The summed E-state index contributed by atoms with van der Waals surface area (Å²) in [6.45, 7) is 0.728. The van der Waals surface area contributed by atoms with E-state index in [2.05, 4.69) is 0 Å². The Morgan fingerprint density at radius 3 is 2.59 bits per heavy atom. The lowest BCUT2D eigenvalue weighted by molar-refractivity contribution is -0.132. The van der Waals surface area contributed by atoms with Gasteiger partial charge in [-0.3, -0.25) is 9.59 Å². The van der Waals surface area contributed by atoms with Gasteiger partial charge in [-0.2, -0.15) is 0 Å². The molecule has 1 aliphatic carbocycles. The number of β-amino-alcohol motifs (C(OH)–C–C–N with tert-alkyl or cyclic N) is 1. The van der Waals surface area contributed by atoms with Gasteiger partial charge in [-0.15, -0.1) is 0 Å². The molecule has 1 aliphatic heterocycles. The van der Waals surface area contributed by atoms with Crippen LogP contribution in [0.3, 0.4) is 0 Å². The van der Waals surface area contributed by atoms with E-state index in [9.17, 15) is 14.7 Å². The summed E-state index contributed by atoms with van der Waals surface area (Å²) in [4.78, 5) is 24.4.